The van der Waals surface area contributed by atoms with Crippen LogP contribution in [0.15, 0.2) is 48.5 Å². The second kappa shape index (κ2) is 9.45. The van der Waals surface area contributed by atoms with Crippen LogP contribution in [0.3, 0.4) is 0 Å². The van der Waals surface area contributed by atoms with Gasteiger partial charge in [-0.1, -0.05) is 35.9 Å². The zero-order valence-corrected chi connectivity index (χ0v) is 17.9. The molecule has 2 N–H and O–H groups in total. The summed E-state index contributed by atoms with van der Waals surface area (Å²) in [4.78, 5) is 4.52. The standard InChI is InChI=1S/C24H25ClF3N3/c25-17-9-10-18(20(13-17)24(26,27)28)23-14-22(19-7-1-2-8-21(19)31-23)30-12-4-6-16-5-3-11-29-15-16/h1-2,7-10,13-14,16,29H,3-6,11-12,15H2,(H,30,31). The lowest BCUT2D eigenvalue weighted by atomic mass is 9.95. The lowest BCUT2D eigenvalue weighted by Gasteiger charge is -2.22. The Morgan fingerprint density at radius 1 is 1.13 bits per heavy atom. The van der Waals surface area contributed by atoms with E-state index in [2.05, 4.69) is 15.6 Å². The summed E-state index contributed by atoms with van der Waals surface area (Å²) >= 11 is 5.85. The van der Waals surface area contributed by atoms with Crippen LogP contribution >= 0.6 is 11.6 Å². The molecule has 0 aliphatic carbocycles. The molecule has 1 atom stereocenters. The minimum Gasteiger partial charge on any atom is -0.384 e. The van der Waals surface area contributed by atoms with Gasteiger partial charge in [-0.15, -0.1) is 0 Å². The summed E-state index contributed by atoms with van der Waals surface area (Å²) in [5.41, 5.74) is 0.978. The summed E-state index contributed by atoms with van der Waals surface area (Å²) in [5.74, 6) is 0.698. The van der Waals surface area contributed by atoms with Crippen LogP contribution in [-0.2, 0) is 6.18 Å². The molecular weight excluding hydrogens is 423 g/mol. The molecule has 0 radical (unpaired) electrons. The Kier molecular flexibility index (Phi) is 6.68. The second-order valence-electron chi connectivity index (χ2n) is 8.04. The van der Waals surface area contributed by atoms with E-state index in [4.69, 9.17) is 11.6 Å². The van der Waals surface area contributed by atoms with Crippen molar-refractivity contribution in [3.8, 4) is 11.3 Å². The number of pyridine rings is 1. The molecule has 0 saturated carbocycles. The Labute approximate surface area is 185 Å². The number of benzene rings is 2. The molecule has 1 aromatic heterocycles. The average Bonchev–Trinajstić information content (AvgIpc) is 2.76. The van der Waals surface area contributed by atoms with Crippen molar-refractivity contribution in [3.05, 3.63) is 59.1 Å². The Bertz CT molecular complexity index is 1050. The first-order chi connectivity index (χ1) is 14.9. The molecule has 4 rings (SSSR count). The number of hydrogen-bond acceptors (Lipinski definition) is 3. The van der Waals surface area contributed by atoms with E-state index in [9.17, 15) is 13.2 Å². The molecule has 1 aliphatic heterocycles. The molecule has 0 bridgehead atoms. The Morgan fingerprint density at radius 2 is 1.97 bits per heavy atom. The van der Waals surface area contributed by atoms with Gasteiger partial charge in [0.1, 0.15) is 0 Å². The fourth-order valence-electron chi connectivity index (χ4n) is 4.22. The maximum atomic E-state index is 13.6. The third kappa shape index (κ3) is 5.31. The van der Waals surface area contributed by atoms with Crippen LogP contribution in [0.25, 0.3) is 22.2 Å². The van der Waals surface area contributed by atoms with Gasteiger partial charge in [0.25, 0.3) is 0 Å². The van der Waals surface area contributed by atoms with Gasteiger partial charge in [0.05, 0.1) is 16.8 Å². The van der Waals surface area contributed by atoms with E-state index < -0.39 is 11.7 Å². The fraction of sp³-hybridized carbons (Fsp3) is 0.375. The Hall–Kier alpha value is -2.31. The van der Waals surface area contributed by atoms with Crippen LogP contribution in [0.5, 0.6) is 0 Å². The molecule has 1 fully saturated rings. The molecule has 31 heavy (non-hydrogen) atoms. The summed E-state index contributed by atoms with van der Waals surface area (Å²) in [7, 11) is 0. The highest BCUT2D eigenvalue weighted by Gasteiger charge is 2.34. The molecule has 3 nitrogen and oxygen atoms in total. The fourth-order valence-corrected chi connectivity index (χ4v) is 4.39. The molecule has 2 heterocycles. The molecule has 1 unspecified atom stereocenters. The summed E-state index contributed by atoms with van der Waals surface area (Å²) in [6.07, 6.45) is 0.0960. The van der Waals surface area contributed by atoms with E-state index >= 15 is 0 Å². The minimum atomic E-state index is -4.52. The number of rotatable bonds is 6. The maximum absolute atomic E-state index is 13.6. The number of aromatic nitrogens is 1. The minimum absolute atomic E-state index is 0.0268. The first-order valence-electron chi connectivity index (χ1n) is 10.6. The van der Waals surface area contributed by atoms with Crippen molar-refractivity contribution < 1.29 is 13.2 Å². The van der Waals surface area contributed by atoms with Crippen molar-refractivity contribution in [1.29, 1.82) is 0 Å². The maximum Gasteiger partial charge on any atom is 0.417 e. The molecule has 1 saturated heterocycles. The van der Waals surface area contributed by atoms with Crippen molar-refractivity contribution in [3.63, 3.8) is 0 Å². The predicted molar refractivity (Wildman–Crippen MR) is 121 cm³/mol. The first kappa shape index (κ1) is 21.9. The van der Waals surface area contributed by atoms with Crippen molar-refractivity contribution in [1.82, 2.24) is 10.3 Å². The third-order valence-corrected chi connectivity index (χ3v) is 6.02. The SMILES string of the molecule is FC(F)(F)c1cc(Cl)ccc1-c1cc(NCCCC2CCCNC2)c2ccccc2n1. The van der Waals surface area contributed by atoms with Crippen molar-refractivity contribution in [2.24, 2.45) is 5.92 Å². The molecule has 3 aromatic rings. The smallest absolute Gasteiger partial charge is 0.384 e. The quantitative estimate of drug-likeness (QED) is 0.409. The monoisotopic (exact) mass is 447 g/mol. The van der Waals surface area contributed by atoms with Gasteiger partial charge in [-0.25, -0.2) is 4.98 Å². The number of halogens is 4. The van der Waals surface area contributed by atoms with Gasteiger partial charge in [-0.05, 0) is 69.0 Å². The van der Waals surface area contributed by atoms with Crippen LogP contribution in [0.4, 0.5) is 18.9 Å². The average molecular weight is 448 g/mol. The second-order valence-corrected chi connectivity index (χ2v) is 8.48. The highest BCUT2D eigenvalue weighted by molar-refractivity contribution is 6.30. The lowest BCUT2D eigenvalue weighted by Crippen LogP contribution is -2.29. The number of hydrogen-bond donors (Lipinski definition) is 2. The van der Waals surface area contributed by atoms with E-state index in [1.165, 1.54) is 25.0 Å². The van der Waals surface area contributed by atoms with Crippen LogP contribution in [0, 0.1) is 5.92 Å². The zero-order chi connectivity index (χ0) is 21.8. The predicted octanol–water partition coefficient (Wildman–Crippen LogP) is 6.77. The number of alkyl halides is 3. The molecule has 0 amide bonds. The summed E-state index contributed by atoms with van der Waals surface area (Å²) in [6, 6.07) is 13.0. The van der Waals surface area contributed by atoms with Gasteiger partial charge in [0, 0.05) is 28.2 Å². The highest BCUT2D eigenvalue weighted by atomic mass is 35.5. The van der Waals surface area contributed by atoms with Crippen LogP contribution in [0.1, 0.15) is 31.2 Å². The van der Waals surface area contributed by atoms with Crippen LogP contribution < -0.4 is 10.6 Å². The number of fused-ring (bicyclic) bond motifs is 1. The van der Waals surface area contributed by atoms with Crippen LogP contribution in [0.2, 0.25) is 5.02 Å². The summed E-state index contributed by atoms with van der Waals surface area (Å²) in [6.45, 7) is 2.93. The molecule has 0 spiro atoms. The summed E-state index contributed by atoms with van der Waals surface area (Å²) in [5, 5.41) is 7.82. The van der Waals surface area contributed by atoms with Crippen molar-refractivity contribution in [2.45, 2.75) is 31.9 Å². The van der Waals surface area contributed by atoms with Gasteiger partial charge >= 0.3 is 6.18 Å². The third-order valence-electron chi connectivity index (χ3n) is 5.78. The van der Waals surface area contributed by atoms with Crippen molar-refractivity contribution >= 4 is 28.2 Å². The van der Waals surface area contributed by atoms with Gasteiger partial charge in [0.15, 0.2) is 0 Å². The van der Waals surface area contributed by atoms with E-state index in [-0.39, 0.29) is 16.3 Å². The number of nitrogens with one attached hydrogen (secondary N) is 2. The molecule has 1 aliphatic rings. The lowest BCUT2D eigenvalue weighted by molar-refractivity contribution is -0.137. The number of piperidine rings is 1. The van der Waals surface area contributed by atoms with Gasteiger partial charge in [-0.3, -0.25) is 0 Å². The topological polar surface area (TPSA) is 37.0 Å². The summed E-state index contributed by atoms with van der Waals surface area (Å²) < 4.78 is 40.9. The van der Waals surface area contributed by atoms with E-state index in [0.717, 1.165) is 49.6 Å². The van der Waals surface area contributed by atoms with Crippen molar-refractivity contribution in [2.75, 3.05) is 25.0 Å². The Morgan fingerprint density at radius 3 is 2.74 bits per heavy atom. The largest absolute Gasteiger partial charge is 0.417 e. The normalized spacial score (nSPS) is 17.1. The molecule has 2 aromatic carbocycles. The Balaban J connectivity index is 1.61. The zero-order valence-electron chi connectivity index (χ0n) is 17.1. The first-order valence-corrected chi connectivity index (χ1v) is 11.0. The highest BCUT2D eigenvalue weighted by Crippen LogP contribution is 2.39. The van der Waals surface area contributed by atoms with Gasteiger partial charge in [-0.2, -0.15) is 13.2 Å². The van der Waals surface area contributed by atoms with E-state index in [1.54, 1.807) is 6.07 Å². The van der Waals surface area contributed by atoms with Crippen LogP contribution in [-0.4, -0.2) is 24.6 Å². The number of anilines is 1. The molecular formula is C24H25ClF3N3. The van der Waals surface area contributed by atoms with Gasteiger partial charge < -0.3 is 10.6 Å². The number of para-hydroxylation sites is 1. The molecule has 7 heteroatoms. The molecule has 164 valence electrons. The van der Waals surface area contributed by atoms with Gasteiger partial charge in [0.2, 0.25) is 0 Å². The number of nitrogens with zero attached hydrogens (tertiary/aromatic N) is 1. The van der Waals surface area contributed by atoms with E-state index in [0.29, 0.717) is 11.4 Å². The van der Waals surface area contributed by atoms with E-state index in [1.807, 2.05) is 24.3 Å².